The summed E-state index contributed by atoms with van der Waals surface area (Å²) in [6, 6.07) is 6.83. The van der Waals surface area contributed by atoms with Crippen LogP contribution in [0.15, 0.2) is 24.3 Å². The molecule has 2 aromatic rings. The highest BCUT2D eigenvalue weighted by Crippen LogP contribution is 2.34. The molecule has 0 bridgehead atoms. The molecule has 0 radical (unpaired) electrons. The van der Waals surface area contributed by atoms with E-state index in [0.29, 0.717) is 11.1 Å². The van der Waals surface area contributed by atoms with E-state index >= 15 is 0 Å². The Labute approximate surface area is 200 Å². The van der Waals surface area contributed by atoms with Crippen LogP contribution in [0.2, 0.25) is 0 Å². The normalized spacial score (nSPS) is 10.2. The van der Waals surface area contributed by atoms with Gasteiger partial charge in [0.25, 0.3) is 11.8 Å². The van der Waals surface area contributed by atoms with E-state index in [9.17, 15) is 24.0 Å². The Hall–Kier alpha value is -3.73. The number of anilines is 1. The zero-order chi connectivity index (χ0) is 25.3. The highest BCUT2D eigenvalue weighted by molar-refractivity contribution is 7.18. The zero-order valence-corrected chi connectivity index (χ0v) is 20.1. The van der Waals surface area contributed by atoms with E-state index in [2.05, 4.69) is 10.6 Å². The van der Waals surface area contributed by atoms with Crippen LogP contribution in [0, 0.1) is 13.8 Å². The monoisotopic (exact) mass is 490 g/mol. The number of aryl methyl sites for hydroxylation is 1. The Morgan fingerprint density at radius 3 is 2.26 bits per heavy atom. The first-order valence-electron chi connectivity index (χ1n) is 10.5. The third-order valence-electron chi connectivity index (χ3n) is 4.38. The van der Waals surface area contributed by atoms with Gasteiger partial charge in [-0.2, -0.15) is 0 Å². The first-order chi connectivity index (χ1) is 16.2. The largest absolute Gasteiger partial charge is 0.462 e. The van der Waals surface area contributed by atoms with Gasteiger partial charge in [0, 0.05) is 5.56 Å². The van der Waals surface area contributed by atoms with Crippen LogP contribution in [-0.4, -0.2) is 56.1 Å². The molecule has 11 heteroatoms. The third kappa shape index (κ3) is 7.14. The molecule has 1 heterocycles. The molecule has 0 atom stereocenters. The lowest BCUT2D eigenvalue weighted by Gasteiger charge is -2.08. The minimum Gasteiger partial charge on any atom is -0.462 e. The topological polar surface area (TPSA) is 137 Å². The lowest BCUT2D eigenvalue weighted by Crippen LogP contribution is -2.32. The molecule has 1 aromatic heterocycles. The predicted octanol–water partition coefficient (Wildman–Crippen LogP) is 2.63. The fourth-order valence-electron chi connectivity index (χ4n) is 2.84. The second-order valence-corrected chi connectivity index (χ2v) is 7.98. The molecular formula is C23H26N2O8S. The van der Waals surface area contributed by atoms with E-state index < -0.39 is 42.9 Å². The van der Waals surface area contributed by atoms with E-state index in [0.717, 1.165) is 16.9 Å². The third-order valence-corrected chi connectivity index (χ3v) is 5.57. The summed E-state index contributed by atoms with van der Waals surface area (Å²) in [7, 11) is 0. The van der Waals surface area contributed by atoms with E-state index in [1.807, 2.05) is 13.0 Å². The summed E-state index contributed by atoms with van der Waals surface area (Å²) in [6.07, 6.45) is 0. The van der Waals surface area contributed by atoms with Gasteiger partial charge in [-0.1, -0.05) is 17.7 Å². The van der Waals surface area contributed by atoms with Crippen molar-refractivity contribution in [2.24, 2.45) is 0 Å². The van der Waals surface area contributed by atoms with E-state index in [-0.39, 0.29) is 28.7 Å². The number of rotatable bonds is 10. The Bertz CT molecular complexity index is 1090. The number of esters is 3. The maximum atomic E-state index is 12.4. The van der Waals surface area contributed by atoms with Gasteiger partial charge < -0.3 is 24.8 Å². The van der Waals surface area contributed by atoms with Crippen LogP contribution in [0.4, 0.5) is 5.00 Å². The van der Waals surface area contributed by atoms with E-state index in [1.54, 1.807) is 39.0 Å². The molecule has 2 amide bonds. The van der Waals surface area contributed by atoms with Gasteiger partial charge in [-0.05, 0) is 45.4 Å². The van der Waals surface area contributed by atoms with Crippen LogP contribution in [-0.2, 0) is 23.8 Å². The van der Waals surface area contributed by atoms with Gasteiger partial charge in [-0.15, -0.1) is 11.3 Å². The number of thiophene rings is 1. The van der Waals surface area contributed by atoms with E-state index in [1.165, 1.54) is 0 Å². The molecule has 1 aromatic carbocycles. The minimum atomic E-state index is -0.823. The molecule has 10 nitrogen and oxygen atoms in total. The van der Waals surface area contributed by atoms with E-state index in [4.69, 9.17) is 14.2 Å². The summed E-state index contributed by atoms with van der Waals surface area (Å²) in [4.78, 5) is 61.1. The second-order valence-electron chi connectivity index (χ2n) is 6.96. The number of carbonyl (C=O) groups is 5. The van der Waals surface area contributed by atoms with Gasteiger partial charge in [0.05, 0.1) is 18.8 Å². The summed E-state index contributed by atoms with van der Waals surface area (Å²) in [5, 5.41) is 4.96. The number of nitrogens with one attached hydrogen (secondary N) is 2. The number of carbonyl (C=O) groups excluding carboxylic acids is 5. The average molecular weight is 491 g/mol. The second kappa shape index (κ2) is 12.5. The molecule has 182 valence electrons. The van der Waals surface area contributed by atoms with Crippen molar-refractivity contribution < 1.29 is 38.2 Å². The van der Waals surface area contributed by atoms with Gasteiger partial charge in [-0.3, -0.25) is 14.4 Å². The lowest BCUT2D eigenvalue weighted by molar-refractivity contribution is -0.146. The Morgan fingerprint density at radius 2 is 1.62 bits per heavy atom. The quantitative estimate of drug-likeness (QED) is 0.383. The maximum absolute atomic E-state index is 12.4. The molecule has 0 spiro atoms. The summed E-state index contributed by atoms with van der Waals surface area (Å²) in [5.41, 5.74) is 1.62. The zero-order valence-electron chi connectivity index (χ0n) is 19.3. The predicted molar refractivity (Wildman–Crippen MR) is 124 cm³/mol. The number of hydrogen-bond donors (Lipinski definition) is 2. The molecule has 0 saturated heterocycles. The van der Waals surface area contributed by atoms with Crippen molar-refractivity contribution in [3.05, 3.63) is 51.4 Å². The van der Waals surface area contributed by atoms with Crippen LogP contribution in [0.25, 0.3) is 0 Å². The highest BCUT2D eigenvalue weighted by atomic mass is 32.1. The molecule has 34 heavy (non-hydrogen) atoms. The number of benzene rings is 1. The first-order valence-corrected chi connectivity index (χ1v) is 11.3. The van der Waals surface area contributed by atoms with Crippen molar-refractivity contribution in [3.8, 4) is 0 Å². The fraction of sp³-hybridized carbons (Fsp3) is 0.348. The van der Waals surface area contributed by atoms with Crippen LogP contribution in [0.3, 0.4) is 0 Å². The molecule has 0 aliphatic rings. The van der Waals surface area contributed by atoms with Gasteiger partial charge in [0.2, 0.25) is 0 Å². The molecular weight excluding hydrogens is 464 g/mol. The number of amides is 2. The van der Waals surface area contributed by atoms with Crippen LogP contribution < -0.4 is 10.6 Å². The molecule has 0 saturated carbocycles. The summed E-state index contributed by atoms with van der Waals surface area (Å²) in [6.45, 7) is 5.80. The van der Waals surface area contributed by atoms with Gasteiger partial charge >= 0.3 is 17.9 Å². The van der Waals surface area contributed by atoms with Crippen LogP contribution >= 0.6 is 11.3 Å². The number of ether oxygens (including phenoxy) is 3. The molecule has 2 rings (SSSR count). The first kappa shape index (κ1) is 26.5. The SMILES string of the molecule is CCOC(=O)c1sc(NC(=O)COC(=O)CNC(=O)c2cccc(C)c2)c(C(=O)OCC)c1C. The standard InChI is InChI=1S/C23H26N2O8S/c1-5-31-22(29)18-14(4)19(23(30)32-6-2)34-21(18)25-16(26)12-33-17(27)11-24-20(28)15-9-7-8-13(3)10-15/h7-10H,5-6,11-12H2,1-4H3,(H,24,28)(H,25,26). The molecule has 0 aliphatic carbocycles. The average Bonchev–Trinajstić information content (AvgIpc) is 3.12. The summed E-state index contributed by atoms with van der Waals surface area (Å²) < 4.78 is 14.9. The lowest BCUT2D eigenvalue weighted by atomic mass is 10.1. The minimum absolute atomic E-state index is 0.0278. The Balaban J connectivity index is 1.98. The van der Waals surface area contributed by atoms with Gasteiger partial charge in [0.1, 0.15) is 16.4 Å². The van der Waals surface area contributed by atoms with Crippen molar-refractivity contribution in [1.82, 2.24) is 5.32 Å². The summed E-state index contributed by atoms with van der Waals surface area (Å²) >= 11 is 0.859. The van der Waals surface area contributed by atoms with Crippen molar-refractivity contribution in [1.29, 1.82) is 0 Å². The molecule has 2 N–H and O–H groups in total. The molecule has 0 fully saturated rings. The summed E-state index contributed by atoms with van der Waals surface area (Å²) in [5.74, 6) is -3.36. The fourth-order valence-corrected chi connectivity index (χ4v) is 3.95. The molecule has 0 aliphatic heterocycles. The van der Waals surface area contributed by atoms with Gasteiger partial charge in [-0.25, -0.2) is 9.59 Å². The Kier molecular flexibility index (Phi) is 9.75. The number of hydrogen-bond acceptors (Lipinski definition) is 9. The van der Waals surface area contributed by atoms with Crippen molar-refractivity contribution >= 4 is 46.1 Å². The Morgan fingerprint density at radius 1 is 0.941 bits per heavy atom. The molecule has 0 unspecified atom stereocenters. The van der Waals surface area contributed by atoms with Crippen molar-refractivity contribution in [2.75, 3.05) is 31.7 Å². The highest BCUT2D eigenvalue weighted by Gasteiger charge is 2.27. The van der Waals surface area contributed by atoms with Crippen LogP contribution in [0.1, 0.15) is 55.4 Å². The smallest absolute Gasteiger partial charge is 0.348 e. The van der Waals surface area contributed by atoms with Crippen LogP contribution in [0.5, 0.6) is 0 Å². The maximum Gasteiger partial charge on any atom is 0.348 e. The van der Waals surface area contributed by atoms with Crippen molar-refractivity contribution in [2.45, 2.75) is 27.7 Å². The van der Waals surface area contributed by atoms with Crippen molar-refractivity contribution in [3.63, 3.8) is 0 Å². The van der Waals surface area contributed by atoms with Gasteiger partial charge in [0.15, 0.2) is 6.61 Å².